The number of nitrogens with zero attached hydrogens (tertiary/aromatic N) is 1. The lowest BCUT2D eigenvalue weighted by Crippen LogP contribution is -2.53. The Hall–Kier alpha value is -0.870. The Labute approximate surface area is 115 Å². The molecule has 2 atom stereocenters. The first-order valence-corrected chi connectivity index (χ1v) is 7.62. The highest BCUT2D eigenvalue weighted by molar-refractivity contribution is 5.12. The predicted octanol–water partition coefficient (Wildman–Crippen LogP) is 2.14. The van der Waals surface area contributed by atoms with Gasteiger partial charge < -0.3 is 10.1 Å². The van der Waals surface area contributed by atoms with Crippen LogP contribution >= 0.6 is 0 Å². The quantitative estimate of drug-likeness (QED) is 0.783. The summed E-state index contributed by atoms with van der Waals surface area (Å²) in [4.78, 5) is 7.37. The van der Waals surface area contributed by atoms with E-state index >= 15 is 0 Å². The van der Waals surface area contributed by atoms with Crippen LogP contribution in [0, 0.1) is 18.8 Å². The van der Waals surface area contributed by atoms with Crippen molar-refractivity contribution in [3.05, 3.63) is 17.7 Å². The maximum Gasteiger partial charge on any atom is 0.121 e. The lowest BCUT2D eigenvalue weighted by atomic mass is 9.81. The summed E-state index contributed by atoms with van der Waals surface area (Å²) in [5.41, 5.74) is 1.29. The smallest absolute Gasteiger partial charge is 0.121 e. The molecule has 1 saturated carbocycles. The number of aromatic amines is 1. The number of aliphatic hydroxyl groups is 1. The van der Waals surface area contributed by atoms with E-state index in [-0.39, 0.29) is 0 Å². The molecule has 4 nitrogen and oxygen atoms in total. The second-order valence-electron chi connectivity index (χ2n) is 6.41. The molecule has 2 aliphatic rings. The minimum absolute atomic E-state index is 0.611. The average Bonchev–Trinajstić information content (AvgIpc) is 3.03. The summed E-state index contributed by atoms with van der Waals surface area (Å²) in [7, 11) is 0. The Balaban J connectivity index is 1.57. The zero-order valence-electron chi connectivity index (χ0n) is 11.8. The molecule has 2 unspecified atom stereocenters. The highest BCUT2D eigenvalue weighted by Gasteiger charge is 2.36. The van der Waals surface area contributed by atoms with Crippen LogP contribution in [0.15, 0.2) is 6.33 Å². The van der Waals surface area contributed by atoms with Crippen LogP contribution in [0.5, 0.6) is 0 Å². The monoisotopic (exact) mass is 263 g/mol. The number of aryl methyl sites for hydroxylation is 1. The molecular weight excluding hydrogens is 238 g/mol. The largest absolute Gasteiger partial charge is 0.375 e. The van der Waals surface area contributed by atoms with Gasteiger partial charge in [-0.3, -0.25) is 5.32 Å². The van der Waals surface area contributed by atoms with E-state index in [1.165, 1.54) is 25.7 Å². The number of hydrogen-bond acceptors (Lipinski definition) is 3. The van der Waals surface area contributed by atoms with Crippen LogP contribution < -0.4 is 5.32 Å². The lowest BCUT2D eigenvalue weighted by Gasteiger charge is -2.39. The highest BCUT2D eigenvalue weighted by atomic mass is 16.3. The molecular formula is C15H25N3O. The van der Waals surface area contributed by atoms with Crippen molar-refractivity contribution in [2.45, 2.75) is 57.6 Å². The number of rotatable bonds is 3. The summed E-state index contributed by atoms with van der Waals surface area (Å²) >= 11 is 0. The van der Waals surface area contributed by atoms with Crippen LogP contribution in [0.1, 0.15) is 49.9 Å². The predicted molar refractivity (Wildman–Crippen MR) is 74.7 cm³/mol. The molecule has 2 fully saturated rings. The summed E-state index contributed by atoms with van der Waals surface area (Å²) < 4.78 is 0. The van der Waals surface area contributed by atoms with E-state index in [2.05, 4.69) is 15.3 Å². The minimum Gasteiger partial charge on any atom is -0.375 e. The maximum absolute atomic E-state index is 10.7. The van der Waals surface area contributed by atoms with Crippen LogP contribution in [0.25, 0.3) is 0 Å². The Kier molecular flexibility index (Phi) is 3.63. The third-order valence-corrected chi connectivity index (χ3v) is 5.08. The summed E-state index contributed by atoms with van der Waals surface area (Å²) in [5, 5.41) is 14.1. The van der Waals surface area contributed by atoms with E-state index in [1.54, 1.807) is 6.33 Å². The molecule has 0 bridgehead atoms. The minimum atomic E-state index is -0.755. The molecule has 3 N–H and O–H groups in total. The number of H-pyrrole nitrogens is 1. The molecule has 0 aromatic carbocycles. The van der Waals surface area contributed by atoms with Gasteiger partial charge in [0.15, 0.2) is 0 Å². The molecule has 1 aromatic heterocycles. The Bertz CT molecular complexity index is 415. The van der Waals surface area contributed by atoms with Gasteiger partial charge >= 0.3 is 0 Å². The molecule has 0 spiro atoms. The molecule has 106 valence electrons. The molecule has 0 radical (unpaired) electrons. The molecule has 1 saturated heterocycles. The Morgan fingerprint density at radius 1 is 1.32 bits per heavy atom. The van der Waals surface area contributed by atoms with E-state index in [0.717, 1.165) is 42.6 Å². The standard InChI is InChI=1S/C15H25N3O/c1-11-14(17-10-16-11)8-15(19)7-6-13(9-18-15)12-4-2-3-5-12/h10,12-13,18-19H,2-9H2,1H3,(H,16,17). The Morgan fingerprint density at radius 2 is 2.11 bits per heavy atom. The summed E-state index contributed by atoms with van der Waals surface area (Å²) in [5.74, 6) is 1.66. The highest BCUT2D eigenvalue weighted by Crippen LogP contribution is 2.37. The molecule has 1 aliphatic heterocycles. The van der Waals surface area contributed by atoms with Gasteiger partial charge in [0, 0.05) is 18.7 Å². The molecule has 19 heavy (non-hydrogen) atoms. The van der Waals surface area contributed by atoms with Crippen LogP contribution in [0.3, 0.4) is 0 Å². The van der Waals surface area contributed by atoms with Crippen molar-refractivity contribution in [1.82, 2.24) is 15.3 Å². The van der Waals surface area contributed by atoms with Crippen molar-refractivity contribution in [2.24, 2.45) is 11.8 Å². The normalized spacial score (nSPS) is 32.8. The number of aromatic nitrogens is 2. The fraction of sp³-hybridized carbons (Fsp3) is 0.800. The van der Waals surface area contributed by atoms with Crippen molar-refractivity contribution >= 4 is 0 Å². The third kappa shape index (κ3) is 2.84. The van der Waals surface area contributed by atoms with E-state index in [4.69, 9.17) is 0 Å². The van der Waals surface area contributed by atoms with Gasteiger partial charge in [0.1, 0.15) is 5.72 Å². The Morgan fingerprint density at radius 3 is 2.68 bits per heavy atom. The van der Waals surface area contributed by atoms with E-state index < -0.39 is 5.72 Å². The van der Waals surface area contributed by atoms with E-state index in [0.29, 0.717) is 6.42 Å². The topological polar surface area (TPSA) is 60.9 Å². The summed E-state index contributed by atoms with van der Waals surface area (Å²) in [6.07, 6.45) is 9.90. The molecule has 1 aromatic rings. The van der Waals surface area contributed by atoms with Crippen LogP contribution in [-0.2, 0) is 6.42 Å². The SMILES string of the molecule is Cc1[nH]cnc1CC1(O)CCC(C2CCCC2)CN1. The number of imidazole rings is 1. The fourth-order valence-corrected chi connectivity index (χ4v) is 3.76. The van der Waals surface area contributed by atoms with Gasteiger partial charge in [0.05, 0.1) is 12.0 Å². The first-order chi connectivity index (χ1) is 9.16. The van der Waals surface area contributed by atoms with Crippen molar-refractivity contribution in [2.75, 3.05) is 6.54 Å². The average molecular weight is 263 g/mol. The molecule has 4 heteroatoms. The van der Waals surface area contributed by atoms with E-state index in [1.807, 2.05) is 6.92 Å². The van der Waals surface area contributed by atoms with E-state index in [9.17, 15) is 5.11 Å². The first kappa shape index (κ1) is 13.1. The third-order valence-electron chi connectivity index (χ3n) is 5.08. The van der Waals surface area contributed by atoms with Crippen LogP contribution in [-0.4, -0.2) is 27.3 Å². The maximum atomic E-state index is 10.7. The zero-order valence-corrected chi connectivity index (χ0v) is 11.8. The second kappa shape index (κ2) is 5.25. The second-order valence-corrected chi connectivity index (χ2v) is 6.41. The van der Waals surface area contributed by atoms with Gasteiger partial charge in [-0.25, -0.2) is 4.98 Å². The van der Waals surface area contributed by atoms with Gasteiger partial charge in [0.2, 0.25) is 0 Å². The molecule has 0 amide bonds. The van der Waals surface area contributed by atoms with Crippen molar-refractivity contribution < 1.29 is 5.11 Å². The van der Waals surface area contributed by atoms with Crippen molar-refractivity contribution in [3.63, 3.8) is 0 Å². The van der Waals surface area contributed by atoms with Gasteiger partial charge in [-0.1, -0.05) is 25.7 Å². The van der Waals surface area contributed by atoms with Crippen LogP contribution in [0.2, 0.25) is 0 Å². The number of piperidine rings is 1. The van der Waals surface area contributed by atoms with Gasteiger partial charge in [-0.15, -0.1) is 0 Å². The fourth-order valence-electron chi connectivity index (χ4n) is 3.76. The molecule has 2 heterocycles. The lowest BCUT2D eigenvalue weighted by molar-refractivity contribution is -0.0373. The first-order valence-electron chi connectivity index (χ1n) is 7.62. The summed E-state index contributed by atoms with van der Waals surface area (Å²) in [6, 6.07) is 0. The van der Waals surface area contributed by atoms with Crippen LogP contribution in [0.4, 0.5) is 0 Å². The zero-order chi connectivity index (χ0) is 13.3. The van der Waals surface area contributed by atoms with Gasteiger partial charge in [-0.2, -0.15) is 0 Å². The molecule has 3 rings (SSSR count). The summed E-state index contributed by atoms with van der Waals surface area (Å²) in [6.45, 7) is 2.97. The van der Waals surface area contributed by atoms with Gasteiger partial charge in [0.25, 0.3) is 0 Å². The van der Waals surface area contributed by atoms with Crippen molar-refractivity contribution in [1.29, 1.82) is 0 Å². The van der Waals surface area contributed by atoms with Gasteiger partial charge in [-0.05, 0) is 31.6 Å². The molecule has 1 aliphatic carbocycles. The number of hydrogen-bond donors (Lipinski definition) is 3. The van der Waals surface area contributed by atoms with Crippen molar-refractivity contribution in [3.8, 4) is 0 Å². The number of nitrogens with one attached hydrogen (secondary N) is 2.